The first-order chi connectivity index (χ1) is 16.9. The molecule has 0 radical (unpaired) electrons. The second-order valence-corrected chi connectivity index (χ2v) is 9.64. The van der Waals surface area contributed by atoms with Gasteiger partial charge in [-0.1, -0.05) is 29.3 Å². The number of nitrogens with zero attached hydrogens (tertiary/aromatic N) is 4. The molecule has 2 atom stereocenters. The van der Waals surface area contributed by atoms with Crippen molar-refractivity contribution in [3.05, 3.63) is 89.3 Å². The summed E-state index contributed by atoms with van der Waals surface area (Å²) in [5.74, 6) is -0.326. The third kappa shape index (κ3) is 5.23. The first-order valence-electron chi connectivity index (χ1n) is 11.4. The van der Waals surface area contributed by atoms with Crippen LogP contribution in [0.4, 0.5) is 0 Å². The van der Waals surface area contributed by atoms with Crippen LogP contribution in [-0.2, 0) is 21.8 Å². The first-order valence-corrected chi connectivity index (χ1v) is 12.2. The summed E-state index contributed by atoms with van der Waals surface area (Å²) in [6, 6.07) is 13.6. The lowest BCUT2D eigenvalue weighted by Gasteiger charge is -2.30. The van der Waals surface area contributed by atoms with E-state index >= 15 is 0 Å². The number of imidazole rings is 2. The topological polar surface area (TPSA) is 63.3 Å². The normalized spacial score (nSPS) is 20.0. The maximum absolute atomic E-state index is 6.54. The fourth-order valence-electron chi connectivity index (χ4n) is 4.05. The van der Waals surface area contributed by atoms with Gasteiger partial charge in [0, 0.05) is 40.8 Å². The minimum absolute atomic E-state index is 0.285. The number of benzene rings is 2. The highest BCUT2D eigenvalue weighted by Crippen LogP contribution is 2.40. The van der Waals surface area contributed by atoms with Gasteiger partial charge in [0.15, 0.2) is 0 Å². The Morgan fingerprint density at radius 1 is 1.14 bits per heavy atom. The molecule has 1 saturated heterocycles. The van der Waals surface area contributed by atoms with E-state index in [0.29, 0.717) is 41.4 Å². The molecule has 0 spiro atoms. The molecule has 3 heterocycles. The SMILES string of the molecule is CC(C)n1cnc(-c2ccc(OCC3COC(Cn4ccnc4)(c4ccc(Cl)cc4Cl)O3)cc2)c1. The van der Waals surface area contributed by atoms with Crippen molar-refractivity contribution in [2.75, 3.05) is 13.2 Å². The molecular weight excluding hydrogens is 487 g/mol. The molecule has 182 valence electrons. The van der Waals surface area contributed by atoms with Crippen LogP contribution in [0.1, 0.15) is 25.5 Å². The van der Waals surface area contributed by atoms with Crippen molar-refractivity contribution in [2.24, 2.45) is 0 Å². The number of halogens is 2. The summed E-state index contributed by atoms with van der Waals surface area (Å²) >= 11 is 12.7. The molecule has 1 fully saturated rings. The molecule has 9 heteroatoms. The number of ether oxygens (including phenoxy) is 3. The molecule has 7 nitrogen and oxygen atoms in total. The number of aromatic nitrogens is 4. The van der Waals surface area contributed by atoms with E-state index < -0.39 is 5.79 Å². The molecule has 0 amide bonds. The highest BCUT2D eigenvalue weighted by molar-refractivity contribution is 6.35. The second-order valence-electron chi connectivity index (χ2n) is 8.80. The van der Waals surface area contributed by atoms with E-state index in [1.165, 1.54) is 0 Å². The smallest absolute Gasteiger partial charge is 0.215 e. The molecule has 0 N–H and O–H groups in total. The molecule has 0 aliphatic carbocycles. The van der Waals surface area contributed by atoms with E-state index in [0.717, 1.165) is 17.0 Å². The van der Waals surface area contributed by atoms with Crippen LogP contribution in [0.3, 0.4) is 0 Å². The van der Waals surface area contributed by atoms with Gasteiger partial charge in [-0.2, -0.15) is 0 Å². The van der Waals surface area contributed by atoms with E-state index in [-0.39, 0.29) is 6.10 Å². The number of hydrogen-bond acceptors (Lipinski definition) is 5. The van der Waals surface area contributed by atoms with E-state index in [9.17, 15) is 0 Å². The minimum atomic E-state index is -1.07. The zero-order chi connectivity index (χ0) is 24.4. The fourth-order valence-corrected chi connectivity index (χ4v) is 4.61. The van der Waals surface area contributed by atoms with Gasteiger partial charge in [0.05, 0.1) is 36.5 Å². The summed E-state index contributed by atoms with van der Waals surface area (Å²) in [6.45, 7) is 5.34. The molecule has 5 rings (SSSR count). The van der Waals surface area contributed by atoms with Crippen molar-refractivity contribution in [1.82, 2.24) is 19.1 Å². The van der Waals surface area contributed by atoms with Gasteiger partial charge in [-0.05, 0) is 50.2 Å². The van der Waals surface area contributed by atoms with Gasteiger partial charge in [-0.15, -0.1) is 0 Å². The monoisotopic (exact) mass is 512 g/mol. The summed E-state index contributed by atoms with van der Waals surface area (Å²) in [6.07, 6.45) is 8.90. The third-order valence-electron chi connectivity index (χ3n) is 5.93. The summed E-state index contributed by atoms with van der Waals surface area (Å²) in [5, 5.41) is 1.03. The fraction of sp³-hybridized carbons (Fsp3) is 0.308. The van der Waals surface area contributed by atoms with Crippen LogP contribution >= 0.6 is 23.2 Å². The van der Waals surface area contributed by atoms with E-state index in [2.05, 4.69) is 28.4 Å². The molecule has 0 saturated carbocycles. The van der Waals surface area contributed by atoms with Gasteiger partial charge in [-0.25, -0.2) is 9.97 Å². The molecule has 1 aliphatic heterocycles. The van der Waals surface area contributed by atoms with Crippen LogP contribution < -0.4 is 4.74 Å². The lowest BCUT2D eigenvalue weighted by Crippen LogP contribution is -2.34. The second kappa shape index (κ2) is 10.0. The zero-order valence-corrected chi connectivity index (χ0v) is 21.0. The Labute approximate surface area is 214 Å². The Morgan fingerprint density at radius 2 is 1.97 bits per heavy atom. The van der Waals surface area contributed by atoms with Gasteiger partial charge in [0.25, 0.3) is 0 Å². The summed E-state index contributed by atoms with van der Waals surface area (Å²) in [4.78, 5) is 8.62. The standard InChI is InChI=1S/C26H26Cl2N4O3/c1-18(2)32-12-25(30-17-32)19-3-6-21(7-4-19)33-13-22-14-34-26(35-22,15-31-10-9-29-16-31)23-8-5-20(27)11-24(23)28/h3-12,16-18,22H,13-15H2,1-2H3. The quantitative estimate of drug-likeness (QED) is 0.290. The molecule has 0 bridgehead atoms. The van der Waals surface area contributed by atoms with Gasteiger partial charge in [0.2, 0.25) is 5.79 Å². The average Bonchev–Trinajstić information content (AvgIpc) is 3.60. The predicted octanol–water partition coefficient (Wildman–Crippen LogP) is 5.98. The third-order valence-corrected chi connectivity index (χ3v) is 6.48. The highest BCUT2D eigenvalue weighted by Gasteiger charge is 2.45. The van der Waals surface area contributed by atoms with E-state index in [4.69, 9.17) is 37.4 Å². The van der Waals surface area contributed by atoms with Gasteiger partial charge >= 0.3 is 0 Å². The highest BCUT2D eigenvalue weighted by atomic mass is 35.5. The van der Waals surface area contributed by atoms with Crippen LogP contribution in [0.25, 0.3) is 11.3 Å². The number of hydrogen-bond donors (Lipinski definition) is 0. The molecule has 2 unspecified atom stereocenters. The zero-order valence-electron chi connectivity index (χ0n) is 19.5. The van der Waals surface area contributed by atoms with Crippen molar-refractivity contribution >= 4 is 23.2 Å². The van der Waals surface area contributed by atoms with Crippen molar-refractivity contribution in [2.45, 2.75) is 38.3 Å². The Hall–Kier alpha value is -2.84. The van der Waals surface area contributed by atoms with Gasteiger partial charge in [-0.3, -0.25) is 0 Å². The Balaban J connectivity index is 1.27. The van der Waals surface area contributed by atoms with Crippen LogP contribution in [-0.4, -0.2) is 38.4 Å². The molecular formula is C26H26Cl2N4O3. The molecule has 2 aromatic carbocycles. The van der Waals surface area contributed by atoms with Crippen molar-refractivity contribution in [3.8, 4) is 17.0 Å². The Kier molecular flexibility index (Phi) is 6.84. The predicted molar refractivity (Wildman–Crippen MR) is 135 cm³/mol. The largest absolute Gasteiger partial charge is 0.491 e. The Morgan fingerprint density at radius 3 is 2.66 bits per heavy atom. The van der Waals surface area contributed by atoms with Crippen LogP contribution in [0.2, 0.25) is 10.0 Å². The lowest BCUT2D eigenvalue weighted by atomic mass is 10.1. The van der Waals surface area contributed by atoms with E-state index in [1.54, 1.807) is 24.7 Å². The van der Waals surface area contributed by atoms with Gasteiger partial charge < -0.3 is 23.3 Å². The molecule has 2 aromatic heterocycles. The lowest BCUT2D eigenvalue weighted by molar-refractivity contribution is -0.189. The van der Waals surface area contributed by atoms with Crippen molar-refractivity contribution < 1.29 is 14.2 Å². The van der Waals surface area contributed by atoms with Crippen LogP contribution in [0.15, 0.2) is 73.7 Å². The minimum Gasteiger partial charge on any atom is -0.491 e. The van der Waals surface area contributed by atoms with Gasteiger partial charge in [0.1, 0.15) is 18.5 Å². The molecule has 35 heavy (non-hydrogen) atoms. The summed E-state index contributed by atoms with van der Waals surface area (Å²) in [5.41, 5.74) is 2.68. The first kappa shape index (κ1) is 23.9. The van der Waals surface area contributed by atoms with Crippen LogP contribution in [0.5, 0.6) is 5.75 Å². The maximum atomic E-state index is 6.54. The van der Waals surface area contributed by atoms with Crippen molar-refractivity contribution in [1.29, 1.82) is 0 Å². The van der Waals surface area contributed by atoms with Crippen LogP contribution in [0, 0.1) is 0 Å². The molecule has 1 aliphatic rings. The van der Waals surface area contributed by atoms with E-state index in [1.807, 2.05) is 53.6 Å². The Bertz CT molecular complexity index is 1270. The summed E-state index contributed by atoms with van der Waals surface area (Å²) in [7, 11) is 0. The maximum Gasteiger partial charge on any atom is 0.215 e. The average molecular weight is 513 g/mol. The number of rotatable bonds is 8. The van der Waals surface area contributed by atoms with Crippen molar-refractivity contribution in [3.63, 3.8) is 0 Å². The summed E-state index contributed by atoms with van der Waals surface area (Å²) < 4.78 is 22.7. The molecule has 4 aromatic rings.